The summed E-state index contributed by atoms with van der Waals surface area (Å²) in [5.74, 6) is 0.169. The van der Waals surface area contributed by atoms with Crippen molar-refractivity contribution in [2.45, 2.75) is 23.9 Å². The highest BCUT2D eigenvalue weighted by atomic mass is 32.2. The largest absolute Gasteiger partial charge is 0.448 e. The number of esters is 1. The van der Waals surface area contributed by atoms with Crippen LogP contribution in [0, 0.1) is 0 Å². The Labute approximate surface area is 230 Å². The maximum atomic E-state index is 13.8. The first kappa shape index (κ1) is 26.1. The standard InChI is InChI=1S/C30H28N2O4S2/c1-37-18-23-19-38-29-25(31-24(33)17-20-11-5-2-6-12-20)28(34)32(29)26(23)30(35)36-27(21-13-7-3-8-14-21)22-15-9-4-10-16-22/h2-16,25,27,29H,17-19H2,1H3,(H,31,33)/t25?,29-/m1/s1. The van der Waals surface area contributed by atoms with Crippen molar-refractivity contribution in [3.63, 3.8) is 0 Å². The number of amides is 2. The van der Waals surface area contributed by atoms with E-state index in [4.69, 9.17) is 4.74 Å². The summed E-state index contributed by atoms with van der Waals surface area (Å²) in [7, 11) is 0. The number of ether oxygens (including phenoxy) is 1. The van der Waals surface area contributed by atoms with Crippen molar-refractivity contribution in [2.24, 2.45) is 0 Å². The summed E-state index contributed by atoms with van der Waals surface area (Å²) in [6.07, 6.45) is 1.55. The molecule has 2 aliphatic heterocycles. The molecule has 194 valence electrons. The first-order valence-electron chi connectivity index (χ1n) is 12.4. The van der Waals surface area contributed by atoms with Crippen LogP contribution in [0.5, 0.6) is 0 Å². The molecule has 2 heterocycles. The number of fused-ring (bicyclic) bond motifs is 1. The Morgan fingerprint density at radius 1 is 0.974 bits per heavy atom. The number of hydrogen-bond acceptors (Lipinski definition) is 6. The third-order valence-corrected chi connectivity index (χ3v) is 8.49. The van der Waals surface area contributed by atoms with E-state index in [1.807, 2.05) is 97.3 Å². The van der Waals surface area contributed by atoms with Crippen LogP contribution in [-0.2, 0) is 25.5 Å². The zero-order valence-electron chi connectivity index (χ0n) is 20.9. The number of nitrogens with zero attached hydrogens (tertiary/aromatic N) is 1. The Bertz CT molecular complexity index is 1290. The molecule has 5 rings (SSSR count). The normalized spacial score (nSPS) is 18.6. The van der Waals surface area contributed by atoms with E-state index in [9.17, 15) is 14.4 Å². The molecular formula is C30H28N2O4S2. The molecule has 3 aromatic rings. The highest BCUT2D eigenvalue weighted by Crippen LogP contribution is 2.42. The second-order valence-corrected chi connectivity index (χ2v) is 11.1. The molecular weight excluding hydrogens is 516 g/mol. The number of rotatable bonds is 9. The van der Waals surface area contributed by atoms with Gasteiger partial charge in [-0.3, -0.25) is 14.5 Å². The van der Waals surface area contributed by atoms with E-state index in [0.29, 0.717) is 17.2 Å². The van der Waals surface area contributed by atoms with Gasteiger partial charge in [0.2, 0.25) is 5.91 Å². The molecule has 2 atom stereocenters. The average Bonchev–Trinajstić information content (AvgIpc) is 2.96. The maximum absolute atomic E-state index is 13.8. The first-order chi connectivity index (χ1) is 18.6. The van der Waals surface area contributed by atoms with Gasteiger partial charge in [-0.1, -0.05) is 91.0 Å². The molecule has 38 heavy (non-hydrogen) atoms. The molecule has 1 saturated heterocycles. The van der Waals surface area contributed by atoms with Crippen molar-refractivity contribution in [3.05, 3.63) is 119 Å². The zero-order chi connectivity index (χ0) is 26.5. The third kappa shape index (κ3) is 5.51. The lowest BCUT2D eigenvalue weighted by molar-refractivity contribution is -0.154. The van der Waals surface area contributed by atoms with E-state index < -0.39 is 18.1 Å². The van der Waals surface area contributed by atoms with Crippen molar-refractivity contribution < 1.29 is 19.1 Å². The maximum Gasteiger partial charge on any atom is 0.356 e. The summed E-state index contributed by atoms with van der Waals surface area (Å²) < 4.78 is 6.14. The first-order valence-corrected chi connectivity index (χ1v) is 14.8. The topological polar surface area (TPSA) is 75.7 Å². The van der Waals surface area contributed by atoms with Crippen LogP contribution >= 0.6 is 23.5 Å². The van der Waals surface area contributed by atoms with Crippen LogP contribution in [0.4, 0.5) is 0 Å². The molecule has 3 aromatic carbocycles. The Morgan fingerprint density at radius 3 is 2.13 bits per heavy atom. The molecule has 6 nitrogen and oxygen atoms in total. The number of benzene rings is 3. The number of β-lactam (4-membered cyclic amide) rings is 1. The molecule has 1 unspecified atom stereocenters. The lowest BCUT2D eigenvalue weighted by Gasteiger charge is -2.49. The quantitative estimate of drug-likeness (QED) is 0.314. The SMILES string of the molecule is CSCC1=C(C(=O)OC(c2ccccc2)c2ccccc2)N2C(=O)C(NC(=O)Cc3ccccc3)[C@H]2SC1. The summed E-state index contributed by atoms with van der Waals surface area (Å²) >= 11 is 3.16. The van der Waals surface area contributed by atoms with Crippen LogP contribution in [-0.4, -0.2) is 51.9 Å². The number of carbonyl (C=O) groups is 3. The molecule has 8 heteroatoms. The summed E-state index contributed by atoms with van der Waals surface area (Å²) in [4.78, 5) is 41.3. The minimum atomic E-state index is -0.672. The summed E-state index contributed by atoms with van der Waals surface area (Å²) in [6.45, 7) is 0. The van der Waals surface area contributed by atoms with E-state index in [1.54, 1.807) is 23.5 Å². The van der Waals surface area contributed by atoms with Crippen molar-refractivity contribution in [3.8, 4) is 0 Å². The van der Waals surface area contributed by atoms with Crippen LogP contribution in [0.3, 0.4) is 0 Å². The van der Waals surface area contributed by atoms with E-state index in [-0.39, 0.29) is 23.6 Å². The molecule has 2 aliphatic rings. The van der Waals surface area contributed by atoms with Gasteiger partial charge in [0.05, 0.1) is 6.42 Å². The third-order valence-electron chi connectivity index (χ3n) is 6.51. The second-order valence-electron chi connectivity index (χ2n) is 9.11. The van der Waals surface area contributed by atoms with Gasteiger partial charge < -0.3 is 10.1 Å². The molecule has 1 fully saturated rings. The summed E-state index contributed by atoms with van der Waals surface area (Å²) in [5.41, 5.74) is 3.75. The number of thioether (sulfide) groups is 2. The Kier molecular flexibility index (Phi) is 8.20. The lowest BCUT2D eigenvalue weighted by atomic mass is 10.0. The van der Waals surface area contributed by atoms with Gasteiger partial charge in [0.25, 0.3) is 5.91 Å². The van der Waals surface area contributed by atoms with E-state index in [2.05, 4.69) is 5.32 Å². The predicted octanol–water partition coefficient (Wildman–Crippen LogP) is 4.58. The fraction of sp³-hybridized carbons (Fsp3) is 0.233. The predicted molar refractivity (Wildman–Crippen MR) is 151 cm³/mol. The average molecular weight is 545 g/mol. The van der Waals surface area contributed by atoms with Gasteiger partial charge >= 0.3 is 5.97 Å². The fourth-order valence-electron chi connectivity index (χ4n) is 4.71. The van der Waals surface area contributed by atoms with Crippen LogP contribution in [0.15, 0.2) is 102 Å². The molecule has 0 spiro atoms. The number of hydrogen-bond donors (Lipinski definition) is 1. The van der Waals surface area contributed by atoms with Crippen molar-refractivity contribution >= 4 is 41.3 Å². The molecule has 0 aromatic heterocycles. The van der Waals surface area contributed by atoms with Crippen molar-refractivity contribution in [2.75, 3.05) is 17.8 Å². The van der Waals surface area contributed by atoms with Crippen LogP contribution in [0.25, 0.3) is 0 Å². The summed E-state index contributed by atoms with van der Waals surface area (Å²) in [6, 6.07) is 27.9. The second kappa shape index (κ2) is 11.9. The van der Waals surface area contributed by atoms with Gasteiger partial charge in [-0.15, -0.1) is 11.8 Å². The zero-order valence-corrected chi connectivity index (χ0v) is 22.5. The van der Waals surface area contributed by atoms with Gasteiger partial charge in [-0.05, 0) is 28.5 Å². The van der Waals surface area contributed by atoms with Crippen LogP contribution < -0.4 is 5.32 Å². The van der Waals surface area contributed by atoms with Gasteiger partial charge in [0.15, 0.2) is 6.10 Å². The smallest absolute Gasteiger partial charge is 0.356 e. The minimum Gasteiger partial charge on any atom is -0.448 e. The molecule has 0 radical (unpaired) electrons. The van der Waals surface area contributed by atoms with Gasteiger partial charge in [-0.2, -0.15) is 11.8 Å². The van der Waals surface area contributed by atoms with Crippen molar-refractivity contribution in [1.82, 2.24) is 10.2 Å². The highest BCUT2D eigenvalue weighted by molar-refractivity contribution is 8.00. The highest BCUT2D eigenvalue weighted by Gasteiger charge is 2.54. The van der Waals surface area contributed by atoms with Crippen LogP contribution in [0.1, 0.15) is 22.8 Å². The van der Waals surface area contributed by atoms with Gasteiger partial charge in [0, 0.05) is 11.5 Å². The molecule has 1 N–H and O–H groups in total. The monoisotopic (exact) mass is 544 g/mol. The number of nitrogens with one attached hydrogen (secondary N) is 1. The van der Waals surface area contributed by atoms with E-state index in [0.717, 1.165) is 22.3 Å². The minimum absolute atomic E-state index is 0.195. The molecule has 0 bridgehead atoms. The number of carbonyl (C=O) groups excluding carboxylic acids is 3. The van der Waals surface area contributed by atoms with Crippen molar-refractivity contribution in [1.29, 1.82) is 0 Å². The van der Waals surface area contributed by atoms with Gasteiger partial charge in [-0.25, -0.2) is 4.79 Å². The fourth-order valence-corrected chi connectivity index (χ4v) is 6.77. The van der Waals surface area contributed by atoms with E-state index in [1.165, 1.54) is 4.90 Å². The Hall–Kier alpha value is -3.49. The Morgan fingerprint density at radius 2 is 1.55 bits per heavy atom. The van der Waals surface area contributed by atoms with Gasteiger partial charge in [0.1, 0.15) is 17.1 Å². The van der Waals surface area contributed by atoms with Crippen LogP contribution in [0.2, 0.25) is 0 Å². The summed E-state index contributed by atoms with van der Waals surface area (Å²) in [5, 5.41) is 2.54. The molecule has 0 saturated carbocycles. The molecule has 0 aliphatic carbocycles. The molecule has 2 amide bonds. The Balaban J connectivity index is 1.36. The lowest BCUT2D eigenvalue weighted by Crippen LogP contribution is -2.70. The van der Waals surface area contributed by atoms with E-state index >= 15 is 0 Å².